The van der Waals surface area contributed by atoms with Gasteiger partial charge in [-0.15, -0.1) is 0 Å². The van der Waals surface area contributed by atoms with Crippen LogP contribution in [0.5, 0.6) is 11.5 Å². The maximum absolute atomic E-state index is 7.14. The monoisotopic (exact) mass is 696 g/mol. The van der Waals surface area contributed by atoms with Crippen LogP contribution in [0.15, 0.2) is 194 Å². The number of para-hydroxylation sites is 2. The molecule has 0 radical (unpaired) electrons. The number of ether oxygens (including phenoxy) is 1. The Balaban J connectivity index is 1.11. The average molecular weight is 697 g/mol. The third kappa shape index (κ3) is 3.46. The Hall–Kier alpha value is -6.96. The fourth-order valence-corrected chi connectivity index (χ4v) is 11.1. The molecular weight excluding hydrogens is 665 g/mol. The van der Waals surface area contributed by atoms with Crippen molar-refractivity contribution in [1.82, 2.24) is 0 Å². The van der Waals surface area contributed by atoms with Crippen LogP contribution in [0.25, 0.3) is 55.3 Å². The van der Waals surface area contributed by atoms with Gasteiger partial charge in [0.05, 0.1) is 10.8 Å². The molecule has 0 amide bonds. The van der Waals surface area contributed by atoms with E-state index in [1.165, 1.54) is 88.7 Å². The molecule has 9 aromatic carbocycles. The quantitative estimate of drug-likeness (QED) is 0.166. The first-order valence-corrected chi connectivity index (χ1v) is 19.3. The van der Waals surface area contributed by atoms with E-state index >= 15 is 0 Å². The summed E-state index contributed by atoms with van der Waals surface area (Å²) in [6, 6.07) is 72.4. The standard InChI is InChI=1S/C54H32O/c1-2-15-34-31-50-42(30-33(34)14-1)41-29-28-35(32-49(41)54(50)45-23-9-5-18-39(45)40-19-6-10-24-46(40)54)36-20-13-26-48-52(36)55-51-27-12-11-25-47(51)53(48)43-21-7-3-16-37(43)38-17-4-8-22-44(38)53/h1-32H. The van der Waals surface area contributed by atoms with E-state index in [0.29, 0.717) is 0 Å². The zero-order valence-electron chi connectivity index (χ0n) is 29.9. The van der Waals surface area contributed by atoms with Crippen LogP contribution in [0.3, 0.4) is 0 Å². The average Bonchev–Trinajstić information content (AvgIpc) is 3.83. The van der Waals surface area contributed by atoms with Gasteiger partial charge in [0, 0.05) is 16.7 Å². The highest BCUT2D eigenvalue weighted by atomic mass is 16.5. The zero-order valence-corrected chi connectivity index (χ0v) is 29.9. The van der Waals surface area contributed by atoms with Gasteiger partial charge >= 0.3 is 0 Å². The number of hydrogen-bond acceptors (Lipinski definition) is 1. The Labute approximate surface area is 319 Å². The zero-order chi connectivity index (χ0) is 35.9. The van der Waals surface area contributed by atoms with Gasteiger partial charge in [0.25, 0.3) is 0 Å². The molecular formula is C54H32O. The molecule has 1 heterocycles. The van der Waals surface area contributed by atoms with Gasteiger partial charge in [-0.1, -0.05) is 170 Å². The summed E-state index contributed by atoms with van der Waals surface area (Å²) in [5.74, 6) is 1.83. The fourth-order valence-electron chi connectivity index (χ4n) is 11.1. The Bertz CT molecular complexity index is 3050. The SMILES string of the molecule is c1ccc2c(c1)Oc1c(-c3ccc4c(c3)C3(c5ccccc5-c5ccccc53)c3cc5ccccc5cc3-4)cccc1C21c2ccccc2-c2ccccc21. The summed E-state index contributed by atoms with van der Waals surface area (Å²) in [5, 5.41) is 2.53. The molecule has 55 heavy (non-hydrogen) atoms. The Morgan fingerprint density at radius 3 is 1.33 bits per heavy atom. The van der Waals surface area contributed by atoms with Crippen molar-refractivity contribution in [3.63, 3.8) is 0 Å². The molecule has 0 bridgehead atoms. The normalized spacial score (nSPS) is 15.0. The van der Waals surface area contributed by atoms with Crippen LogP contribution in [-0.4, -0.2) is 0 Å². The molecule has 1 nitrogen and oxygen atoms in total. The van der Waals surface area contributed by atoms with E-state index in [9.17, 15) is 0 Å². The van der Waals surface area contributed by atoms with Crippen molar-refractivity contribution in [3.8, 4) is 56.0 Å². The summed E-state index contributed by atoms with van der Waals surface area (Å²) in [5.41, 5.74) is 19.5. The number of hydrogen-bond donors (Lipinski definition) is 0. The van der Waals surface area contributed by atoms with Crippen LogP contribution in [-0.2, 0) is 10.8 Å². The molecule has 3 aliphatic carbocycles. The molecule has 0 saturated heterocycles. The largest absolute Gasteiger partial charge is 0.456 e. The van der Waals surface area contributed by atoms with Crippen molar-refractivity contribution in [3.05, 3.63) is 239 Å². The fraction of sp³-hybridized carbons (Fsp3) is 0.0370. The lowest BCUT2D eigenvalue weighted by molar-refractivity contribution is 0.438. The lowest BCUT2D eigenvalue weighted by atomic mass is 9.65. The molecule has 0 atom stereocenters. The smallest absolute Gasteiger partial charge is 0.140 e. The second kappa shape index (κ2) is 10.4. The second-order valence-corrected chi connectivity index (χ2v) is 15.5. The number of fused-ring (bicyclic) bond motifs is 20. The summed E-state index contributed by atoms with van der Waals surface area (Å²) < 4.78 is 7.14. The highest BCUT2D eigenvalue weighted by molar-refractivity contribution is 6.01. The van der Waals surface area contributed by atoms with Crippen molar-refractivity contribution in [2.75, 3.05) is 0 Å². The molecule has 4 aliphatic rings. The minimum Gasteiger partial charge on any atom is -0.456 e. The Morgan fingerprint density at radius 2 is 0.709 bits per heavy atom. The van der Waals surface area contributed by atoms with E-state index < -0.39 is 10.8 Å². The van der Waals surface area contributed by atoms with Gasteiger partial charge < -0.3 is 4.74 Å². The molecule has 9 aromatic rings. The first-order chi connectivity index (χ1) is 27.3. The third-order valence-corrected chi connectivity index (χ3v) is 13.1. The molecule has 1 heteroatoms. The van der Waals surface area contributed by atoms with E-state index in [0.717, 1.165) is 22.6 Å². The van der Waals surface area contributed by atoms with Crippen LogP contribution in [0.4, 0.5) is 0 Å². The maximum atomic E-state index is 7.14. The van der Waals surface area contributed by atoms with Crippen molar-refractivity contribution in [2.45, 2.75) is 10.8 Å². The first kappa shape index (κ1) is 29.5. The number of rotatable bonds is 1. The summed E-state index contributed by atoms with van der Waals surface area (Å²) in [6.45, 7) is 0. The topological polar surface area (TPSA) is 9.23 Å². The molecule has 0 fully saturated rings. The van der Waals surface area contributed by atoms with Crippen molar-refractivity contribution < 1.29 is 4.74 Å². The maximum Gasteiger partial charge on any atom is 0.140 e. The van der Waals surface area contributed by atoms with Crippen LogP contribution in [0.2, 0.25) is 0 Å². The molecule has 0 saturated carbocycles. The van der Waals surface area contributed by atoms with Gasteiger partial charge in [0.1, 0.15) is 11.5 Å². The van der Waals surface area contributed by atoms with Gasteiger partial charge in [-0.05, 0) is 107 Å². The Kier molecular flexibility index (Phi) is 5.56. The van der Waals surface area contributed by atoms with E-state index in [4.69, 9.17) is 4.74 Å². The van der Waals surface area contributed by atoms with Crippen LogP contribution in [0, 0.1) is 0 Å². The highest BCUT2D eigenvalue weighted by Gasteiger charge is 2.53. The van der Waals surface area contributed by atoms with Gasteiger partial charge in [0.2, 0.25) is 0 Å². The summed E-state index contributed by atoms with van der Waals surface area (Å²) in [7, 11) is 0. The van der Waals surface area contributed by atoms with E-state index in [1.807, 2.05) is 0 Å². The molecule has 13 rings (SSSR count). The molecule has 1 aliphatic heterocycles. The van der Waals surface area contributed by atoms with E-state index in [-0.39, 0.29) is 0 Å². The van der Waals surface area contributed by atoms with Crippen molar-refractivity contribution >= 4 is 10.8 Å². The van der Waals surface area contributed by atoms with Gasteiger partial charge in [0.15, 0.2) is 0 Å². The molecule has 0 N–H and O–H groups in total. The van der Waals surface area contributed by atoms with Gasteiger partial charge in [-0.3, -0.25) is 0 Å². The summed E-state index contributed by atoms with van der Waals surface area (Å²) >= 11 is 0. The lowest BCUT2D eigenvalue weighted by Crippen LogP contribution is -2.32. The van der Waals surface area contributed by atoms with Crippen molar-refractivity contribution in [1.29, 1.82) is 0 Å². The summed E-state index contributed by atoms with van der Waals surface area (Å²) in [4.78, 5) is 0. The van der Waals surface area contributed by atoms with Gasteiger partial charge in [-0.2, -0.15) is 0 Å². The molecule has 0 unspecified atom stereocenters. The second-order valence-electron chi connectivity index (χ2n) is 15.5. The predicted octanol–water partition coefficient (Wildman–Crippen LogP) is 13.3. The lowest BCUT2D eigenvalue weighted by Gasteiger charge is -2.40. The van der Waals surface area contributed by atoms with Crippen LogP contribution < -0.4 is 4.74 Å². The van der Waals surface area contributed by atoms with E-state index in [1.54, 1.807) is 0 Å². The third-order valence-electron chi connectivity index (χ3n) is 13.1. The molecule has 254 valence electrons. The van der Waals surface area contributed by atoms with E-state index in [2.05, 4.69) is 194 Å². The predicted molar refractivity (Wildman–Crippen MR) is 223 cm³/mol. The van der Waals surface area contributed by atoms with Crippen LogP contribution in [0.1, 0.15) is 44.5 Å². The van der Waals surface area contributed by atoms with Crippen molar-refractivity contribution in [2.24, 2.45) is 0 Å². The minimum atomic E-state index is -0.509. The minimum absolute atomic E-state index is 0.454. The van der Waals surface area contributed by atoms with Crippen LogP contribution >= 0.6 is 0 Å². The molecule has 2 spiro atoms. The van der Waals surface area contributed by atoms with Gasteiger partial charge in [-0.25, -0.2) is 0 Å². The molecule has 0 aromatic heterocycles. The Morgan fingerprint density at radius 1 is 0.273 bits per heavy atom. The first-order valence-electron chi connectivity index (χ1n) is 19.3. The number of benzene rings is 9. The summed E-state index contributed by atoms with van der Waals surface area (Å²) in [6.07, 6.45) is 0. The highest BCUT2D eigenvalue weighted by Crippen LogP contribution is 2.66.